The molecule has 0 aliphatic rings. The first-order valence-corrected chi connectivity index (χ1v) is 5.78. The van der Waals surface area contributed by atoms with Gasteiger partial charge in [0.1, 0.15) is 12.0 Å². The van der Waals surface area contributed by atoms with E-state index in [0.717, 1.165) is 0 Å². The highest BCUT2D eigenvalue weighted by Gasteiger charge is 2.18. The van der Waals surface area contributed by atoms with Crippen molar-refractivity contribution >= 4 is 23.1 Å². The summed E-state index contributed by atoms with van der Waals surface area (Å²) in [5, 5.41) is 19.4. The topological polar surface area (TPSA) is 83.1 Å². The summed E-state index contributed by atoms with van der Waals surface area (Å²) in [6, 6.07) is 3.42. The van der Waals surface area contributed by atoms with Gasteiger partial charge in [-0.15, -0.1) is 0 Å². The summed E-state index contributed by atoms with van der Waals surface area (Å²) in [5.41, 5.74) is -0.146. The molecule has 0 spiro atoms. The minimum absolute atomic E-state index is 0.102. The predicted octanol–water partition coefficient (Wildman–Crippen LogP) is 2.77. The summed E-state index contributed by atoms with van der Waals surface area (Å²) in [4.78, 5) is 15.9. The van der Waals surface area contributed by atoms with E-state index in [1.807, 2.05) is 18.7 Å². The van der Waals surface area contributed by atoms with Gasteiger partial charge in [-0.25, -0.2) is 4.98 Å². The Hall–Kier alpha value is -1.87. The number of anilines is 1. The third kappa shape index (κ3) is 3.31. The molecule has 0 atom stereocenters. The molecule has 0 saturated carbocycles. The Morgan fingerprint density at radius 3 is 2.78 bits per heavy atom. The zero-order chi connectivity index (χ0) is 13.7. The van der Waals surface area contributed by atoms with Gasteiger partial charge < -0.3 is 4.90 Å². The second-order valence-electron chi connectivity index (χ2n) is 3.95. The van der Waals surface area contributed by atoms with Crippen LogP contribution < -0.4 is 4.90 Å². The number of hydrogen-bond acceptors (Lipinski definition) is 5. The average Bonchev–Trinajstić information content (AvgIpc) is 2.30. The second kappa shape index (κ2) is 6.17. The van der Waals surface area contributed by atoms with E-state index < -0.39 is 4.92 Å². The number of hydrogen-bond donors (Lipinski definition) is 0. The molecule has 6 nitrogen and oxygen atoms in total. The molecule has 1 rings (SSSR count). The van der Waals surface area contributed by atoms with Crippen LogP contribution in [0.3, 0.4) is 0 Å². The van der Waals surface area contributed by atoms with Gasteiger partial charge in [0.25, 0.3) is 5.69 Å². The number of nitro groups is 1. The predicted molar refractivity (Wildman–Crippen MR) is 68.6 cm³/mol. The largest absolute Gasteiger partial charge is 0.352 e. The van der Waals surface area contributed by atoms with Crippen LogP contribution in [0.5, 0.6) is 0 Å². The molecule has 0 saturated heterocycles. The van der Waals surface area contributed by atoms with E-state index >= 15 is 0 Å². The molecule has 0 amide bonds. The van der Waals surface area contributed by atoms with Gasteiger partial charge in [0, 0.05) is 18.7 Å². The molecule has 0 bridgehead atoms. The van der Waals surface area contributed by atoms with Gasteiger partial charge >= 0.3 is 0 Å². The molecule has 1 heterocycles. The Kier molecular flexibility index (Phi) is 4.86. The normalized spacial score (nSPS) is 10.2. The molecular weight excluding hydrogens is 256 g/mol. The summed E-state index contributed by atoms with van der Waals surface area (Å²) in [7, 11) is 0. The van der Waals surface area contributed by atoms with Crippen LogP contribution in [0, 0.1) is 21.4 Å². The van der Waals surface area contributed by atoms with Crippen molar-refractivity contribution in [1.82, 2.24) is 4.98 Å². The fourth-order valence-electron chi connectivity index (χ4n) is 1.51. The van der Waals surface area contributed by atoms with E-state index in [4.69, 9.17) is 16.9 Å². The van der Waals surface area contributed by atoms with Crippen molar-refractivity contribution in [3.05, 3.63) is 27.4 Å². The van der Waals surface area contributed by atoms with Crippen molar-refractivity contribution in [3.8, 4) is 6.07 Å². The van der Waals surface area contributed by atoms with Crippen LogP contribution in [0.1, 0.15) is 20.3 Å². The summed E-state index contributed by atoms with van der Waals surface area (Å²) >= 11 is 6.00. The fraction of sp³-hybridized carbons (Fsp3) is 0.455. The van der Waals surface area contributed by atoms with Gasteiger partial charge in [-0.1, -0.05) is 11.6 Å². The summed E-state index contributed by atoms with van der Waals surface area (Å²) in [6.45, 7) is 4.37. The molecule has 0 N–H and O–H groups in total. The number of rotatable bonds is 5. The van der Waals surface area contributed by atoms with Gasteiger partial charge in [-0.2, -0.15) is 5.26 Å². The molecule has 0 aliphatic heterocycles. The Labute approximate surface area is 110 Å². The lowest BCUT2D eigenvalue weighted by atomic mass is 10.2. The van der Waals surface area contributed by atoms with E-state index in [-0.39, 0.29) is 16.8 Å². The van der Waals surface area contributed by atoms with E-state index in [2.05, 4.69) is 11.1 Å². The molecule has 0 unspecified atom stereocenters. The molecule has 0 fully saturated rings. The van der Waals surface area contributed by atoms with Crippen molar-refractivity contribution in [2.75, 3.05) is 11.4 Å². The van der Waals surface area contributed by atoms with Crippen LogP contribution in [0.25, 0.3) is 0 Å². The quantitative estimate of drug-likeness (QED) is 0.606. The van der Waals surface area contributed by atoms with Crippen LogP contribution in [-0.2, 0) is 0 Å². The van der Waals surface area contributed by atoms with Crippen molar-refractivity contribution in [1.29, 1.82) is 5.26 Å². The van der Waals surface area contributed by atoms with Crippen molar-refractivity contribution in [3.63, 3.8) is 0 Å². The number of halogens is 1. The Balaban J connectivity index is 3.06. The van der Waals surface area contributed by atoms with Crippen LogP contribution in [0.4, 0.5) is 11.5 Å². The maximum atomic E-state index is 10.6. The minimum atomic E-state index is -0.544. The highest BCUT2D eigenvalue weighted by molar-refractivity contribution is 6.33. The first kappa shape index (κ1) is 14.2. The second-order valence-corrected chi connectivity index (χ2v) is 4.36. The van der Waals surface area contributed by atoms with Crippen molar-refractivity contribution in [2.24, 2.45) is 0 Å². The summed E-state index contributed by atoms with van der Waals surface area (Å²) in [5.74, 6) is 0.465. The third-order valence-electron chi connectivity index (χ3n) is 2.38. The highest BCUT2D eigenvalue weighted by atomic mass is 35.5. The van der Waals surface area contributed by atoms with Crippen molar-refractivity contribution in [2.45, 2.75) is 26.3 Å². The van der Waals surface area contributed by atoms with Gasteiger partial charge in [0.05, 0.1) is 22.4 Å². The molecule has 0 radical (unpaired) electrons. The van der Waals surface area contributed by atoms with Crippen LogP contribution in [0.2, 0.25) is 5.02 Å². The van der Waals surface area contributed by atoms with Crippen molar-refractivity contribution < 1.29 is 4.92 Å². The number of aromatic nitrogens is 1. The van der Waals surface area contributed by atoms with Crippen LogP contribution in [-0.4, -0.2) is 22.5 Å². The fourth-order valence-corrected chi connectivity index (χ4v) is 1.78. The van der Waals surface area contributed by atoms with Crippen LogP contribution in [0.15, 0.2) is 12.3 Å². The standard InChI is InChI=1S/C11H13ClN4O2/c1-8(2)15(5-3-4-13)11-10(12)6-9(7-14-11)16(17)18/h6-8H,3,5H2,1-2H3. The lowest BCUT2D eigenvalue weighted by Gasteiger charge is -2.27. The zero-order valence-corrected chi connectivity index (χ0v) is 10.9. The lowest BCUT2D eigenvalue weighted by molar-refractivity contribution is -0.385. The zero-order valence-electron chi connectivity index (χ0n) is 10.1. The third-order valence-corrected chi connectivity index (χ3v) is 2.66. The minimum Gasteiger partial charge on any atom is -0.352 e. The number of pyridine rings is 1. The first-order chi connectivity index (χ1) is 8.47. The lowest BCUT2D eigenvalue weighted by Crippen LogP contribution is -2.32. The SMILES string of the molecule is CC(C)N(CCC#N)c1ncc([N+](=O)[O-])cc1Cl. The van der Waals surface area contributed by atoms with E-state index in [1.54, 1.807) is 0 Å². The number of nitrogens with zero attached hydrogens (tertiary/aromatic N) is 4. The summed E-state index contributed by atoms with van der Waals surface area (Å²) in [6.07, 6.45) is 1.51. The maximum absolute atomic E-state index is 10.6. The van der Waals surface area contributed by atoms with Gasteiger partial charge in [0.2, 0.25) is 0 Å². The maximum Gasteiger partial charge on any atom is 0.289 e. The molecule has 0 aromatic carbocycles. The Morgan fingerprint density at radius 1 is 1.67 bits per heavy atom. The molecule has 1 aromatic heterocycles. The molecule has 1 aromatic rings. The van der Waals surface area contributed by atoms with E-state index in [1.165, 1.54) is 12.3 Å². The molecular formula is C11H13ClN4O2. The molecule has 18 heavy (non-hydrogen) atoms. The monoisotopic (exact) mass is 268 g/mol. The molecule has 96 valence electrons. The average molecular weight is 269 g/mol. The van der Waals surface area contributed by atoms with E-state index in [9.17, 15) is 10.1 Å². The molecule has 0 aliphatic carbocycles. The first-order valence-electron chi connectivity index (χ1n) is 5.41. The Bertz CT molecular complexity index is 484. The molecule has 7 heteroatoms. The summed E-state index contributed by atoms with van der Waals surface area (Å²) < 4.78 is 0. The van der Waals surface area contributed by atoms with Gasteiger partial charge in [0.15, 0.2) is 0 Å². The smallest absolute Gasteiger partial charge is 0.289 e. The van der Waals surface area contributed by atoms with Crippen LogP contribution >= 0.6 is 11.6 Å². The number of nitriles is 1. The highest BCUT2D eigenvalue weighted by Crippen LogP contribution is 2.28. The van der Waals surface area contributed by atoms with E-state index in [0.29, 0.717) is 18.8 Å². The van der Waals surface area contributed by atoms with Gasteiger partial charge in [-0.3, -0.25) is 10.1 Å². The van der Waals surface area contributed by atoms with Gasteiger partial charge in [-0.05, 0) is 13.8 Å². The Morgan fingerprint density at radius 2 is 2.33 bits per heavy atom.